The third kappa shape index (κ3) is 1.44. The first-order valence-corrected chi connectivity index (χ1v) is 5.89. The SMILES string of the molecule is Cn1cc(C2CCC3(C2)CN(C=O)C3)cn1. The van der Waals surface area contributed by atoms with Gasteiger partial charge in [0.2, 0.25) is 6.41 Å². The maximum absolute atomic E-state index is 10.6. The third-order valence-electron chi connectivity index (χ3n) is 4.12. The van der Waals surface area contributed by atoms with Crippen LogP contribution in [0.25, 0.3) is 0 Å². The van der Waals surface area contributed by atoms with Crippen LogP contribution in [0.4, 0.5) is 0 Å². The Bertz CT molecular complexity index is 406. The molecule has 4 nitrogen and oxygen atoms in total. The van der Waals surface area contributed by atoms with E-state index in [0.29, 0.717) is 11.3 Å². The lowest BCUT2D eigenvalue weighted by atomic mass is 9.77. The summed E-state index contributed by atoms with van der Waals surface area (Å²) >= 11 is 0. The molecule has 1 saturated heterocycles. The molecule has 1 aliphatic heterocycles. The minimum absolute atomic E-state index is 0.432. The number of rotatable bonds is 2. The van der Waals surface area contributed by atoms with Gasteiger partial charge in [0, 0.05) is 31.7 Å². The summed E-state index contributed by atoms with van der Waals surface area (Å²) in [5.41, 5.74) is 1.80. The van der Waals surface area contributed by atoms with E-state index in [9.17, 15) is 4.79 Å². The van der Waals surface area contributed by atoms with E-state index in [1.807, 2.05) is 22.8 Å². The molecule has 1 amide bonds. The molecule has 1 aromatic rings. The van der Waals surface area contributed by atoms with Crippen molar-refractivity contribution >= 4 is 6.41 Å². The summed E-state index contributed by atoms with van der Waals surface area (Å²) in [6.45, 7) is 1.93. The first-order valence-electron chi connectivity index (χ1n) is 5.89. The van der Waals surface area contributed by atoms with Crippen LogP contribution >= 0.6 is 0 Å². The number of hydrogen-bond donors (Lipinski definition) is 0. The average Bonchev–Trinajstić information content (AvgIpc) is 2.81. The van der Waals surface area contributed by atoms with Crippen molar-refractivity contribution in [2.24, 2.45) is 12.5 Å². The molecule has 2 fully saturated rings. The van der Waals surface area contributed by atoms with Crippen molar-refractivity contribution in [1.29, 1.82) is 0 Å². The van der Waals surface area contributed by atoms with E-state index in [1.54, 1.807) is 0 Å². The van der Waals surface area contributed by atoms with Crippen molar-refractivity contribution in [2.45, 2.75) is 25.2 Å². The lowest BCUT2D eigenvalue weighted by Gasteiger charge is -2.46. The van der Waals surface area contributed by atoms with Gasteiger partial charge >= 0.3 is 0 Å². The van der Waals surface area contributed by atoms with E-state index in [4.69, 9.17) is 0 Å². The first-order chi connectivity index (χ1) is 7.71. The van der Waals surface area contributed by atoms with Gasteiger partial charge in [-0.2, -0.15) is 5.10 Å². The van der Waals surface area contributed by atoms with Gasteiger partial charge in [0.25, 0.3) is 0 Å². The summed E-state index contributed by atoms with van der Waals surface area (Å²) in [5.74, 6) is 0.655. The maximum Gasteiger partial charge on any atom is 0.209 e. The van der Waals surface area contributed by atoms with Crippen LogP contribution in [0, 0.1) is 5.41 Å². The van der Waals surface area contributed by atoms with Crippen molar-refractivity contribution in [3.63, 3.8) is 0 Å². The highest BCUT2D eigenvalue weighted by molar-refractivity contribution is 5.49. The zero-order valence-electron chi connectivity index (χ0n) is 9.59. The second-order valence-corrected chi connectivity index (χ2v) is 5.40. The summed E-state index contributed by atoms with van der Waals surface area (Å²) in [6, 6.07) is 0. The number of carbonyl (C=O) groups is 1. The third-order valence-corrected chi connectivity index (χ3v) is 4.12. The number of nitrogens with zero attached hydrogens (tertiary/aromatic N) is 3. The van der Waals surface area contributed by atoms with Gasteiger partial charge in [0.05, 0.1) is 6.20 Å². The zero-order valence-corrected chi connectivity index (χ0v) is 9.59. The van der Waals surface area contributed by atoms with Crippen molar-refractivity contribution in [2.75, 3.05) is 13.1 Å². The summed E-state index contributed by atoms with van der Waals surface area (Å²) in [5, 5.41) is 4.23. The highest BCUT2D eigenvalue weighted by atomic mass is 16.1. The van der Waals surface area contributed by atoms with Crippen LogP contribution in [0.3, 0.4) is 0 Å². The highest BCUT2D eigenvalue weighted by Crippen LogP contribution is 2.51. The Morgan fingerprint density at radius 2 is 2.38 bits per heavy atom. The van der Waals surface area contributed by atoms with Crippen LogP contribution in [0.2, 0.25) is 0 Å². The van der Waals surface area contributed by atoms with Crippen LogP contribution < -0.4 is 0 Å². The summed E-state index contributed by atoms with van der Waals surface area (Å²) in [6.07, 6.45) is 8.82. The molecule has 1 spiro atoms. The molecule has 1 saturated carbocycles. The molecule has 0 bridgehead atoms. The van der Waals surface area contributed by atoms with Crippen LogP contribution in [0.5, 0.6) is 0 Å². The molecule has 4 heteroatoms. The van der Waals surface area contributed by atoms with Crippen molar-refractivity contribution < 1.29 is 4.79 Å². The molecule has 1 aliphatic carbocycles. The fourth-order valence-corrected chi connectivity index (χ4v) is 3.32. The largest absolute Gasteiger partial charge is 0.344 e. The Morgan fingerprint density at radius 3 is 3.00 bits per heavy atom. The maximum atomic E-state index is 10.6. The van der Waals surface area contributed by atoms with Gasteiger partial charge in [-0.3, -0.25) is 9.48 Å². The van der Waals surface area contributed by atoms with Crippen LogP contribution in [0.15, 0.2) is 12.4 Å². The lowest BCUT2D eigenvalue weighted by Crippen LogP contribution is -2.54. The Kier molecular flexibility index (Phi) is 2.06. The smallest absolute Gasteiger partial charge is 0.209 e. The van der Waals surface area contributed by atoms with Gasteiger partial charge in [-0.1, -0.05) is 0 Å². The Balaban J connectivity index is 1.68. The minimum atomic E-state index is 0.432. The van der Waals surface area contributed by atoms with Crippen LogP contribution in [-0.4, -0.2) is 34.2 Å². The van der Waals surface area contributed by atoms with Crippen molar-refractivity contribution in [3.05, 3.63) is 18.0 Å². The number of likely N-dealkylation sites (tertiary alicyclic amines) is 1. The molecule has 0 N–H and O–H groups in total. The van der Waals surface area contributed by atoms with Crippen LogP contribution in [0.1, 0.15) is 30.7 Å². The highest BCUT2D eigenvalue weighted by Gasteiger charge is 2.48. The summed E-state index contributed by atoms with van der Waals surface area (Å²) < 4.78 is 1.87. The second kappa shape index (κ2) is 3.34. The fourth-order valence-electron chi connectivity index (χ4n) is 3.32. The molecule has 3 rings (SSSR count). The zero-order chi connectivity index (χ0) is 11.2. The first kappa shape index (κ1) is 9.87. The van der Waals surface area contributed by atoms with Gasteiger partial charge in [-0.05, 0) is 30.7 Å². The summed E-state index contributed by atoms with van der Waals surface area (Å²) in [4.78, 5) is 12.5. The molecule has 2 heterocycles. The van der Waals surface area contributed by atoms with Gasteiger partial charge < -0.3 is 4.90 Å². The quantitative estimate of drug-likeness (QED) is 0.700. The number of aromatic nitrogens is 2. The van der Waals surface area contributed by atoms with Crippen LogP contribution in [-0.2, 0) is 11.8 Å². The van der Waals surface area contributed by atoms with E-state index < -0.39 is 0 Å². The number of aryl methyl sites for hydroxylation is 1. The number of hydrogen-bond acceptors (Lipinski definition) is 2. The molecule has 1 atom stereocenters. The Morgan fingerprint density at radius 1 is 1.56 bits per heavy atom. The molecule has 0 radical (unpaired) electrons. The second-order valence-electron chi connectivity index (χ2n) is 5.40. The molecule has 1 aromatic heterocycles. The average molecular weight is 219 g/mol. The molecular formula is C12H17N3O. The van der Waals surface area contributed by atoms with Gasteiger partial charge in [-0.25, -0.2) is 0 Å². The molecular weight excluding hydrogens is 202 g/mol. The summed E-state index contributed by atoms with van der Waals surface area (Å²) in [7, 11) is 1.96. The van der Waals surface area contributed by atoms with E-state index in [1.165, 1.54) is 24.8 Å². The molecule has 1 unspecified atom stereocenters. The number of amides is 1. The molecule has 2 aliphatic rings. The Hall–Kier alpha value is -1.32. The number of carbonyl (C=O) groups excluding carboxylic acids is 1. The van der Waals surface area contributed by atoms with Crippen molar-refractivity contribution in [1.82, 2.24) is 14.7 Å². The van der Waals surface area contributed by atoms with E-state index >= 15 is 0 Å². The van der Waals surface area contributed by atoms with E-state index in [2.05, 4.69) is 11.3 Å². The Labute approximate surface area is 95.2 Å². The topological polar surface area (TPSA) is 38.1 Å². The molecule has 86 valence electrons. The minimum Gasteiger partial charge on any atom is -0.344 e. The molecule has 0 aromatic carbocycles. The van der Waals surface area contributed by atoms with Gasteiger partial charge in [-0.15, -0.1) is 0 Å². The predicted molar refractivity (Wildman–Crippen MR) is 59.9 cm³/mol. The van der Waals surface area contributed by atoms with Crippen molar-refractivity contribution in [3.8, 4) is 0 Å². The van der Waals surface area contributed by atoms with E-state index in [0.717, 1.165) is 19.5 Å². The van der Waals surface area contributed by atoms with E-state index in [-0.39, 0.29) is 0 Å². The van der Waals surface area contributed by atoms with Gasteiger partial charge in [0.1, 0.15) is 0 Å². The van der Waals surface area contributed by atoms with Gasteiger partial charge in [0.15, 0.2) is 0 Å². The predicted octanol–water partition coefficient (Wildman–Crippen LogP) is 1.15. The molecule has 16 heavy (non-hydrogen) atoms. The fraction of sp³-hybridized carbons (Fsp3) is 0.667. The normalized spacial score (nSPS) is 27.1. The monoisotopic (exact) mass is 219 g/mol. The lowest BCUT2D eigenvalue weighted by molar-refractivity contribution is -0.129. The standard InChI is InChI=1S/C12H17N3O/c1-14-6-11(5-13-14)10-2-3-12(4-10)7-15(8-12)9-16/h5-6,9-10H,2-4,7-8H2,1H3.